The van der Waals surface area contributed by atoms with Gasteiger partial charge in [0.15, 0.2) is 0 Å². The molecule has 0 saturated heterocycles. The van der Waals surface area contributed by atoms with Gasteiger partial charge in [-0.2, -0.15) is 0 Å². The molecule has 1 amide bonds. The van der Waals surface area contributed by atoms with Crippen LogP contribution >= 0.6 is 0 Å². The van der Waals surface area contributed by atoms with Crippen LogP contribution in [0.1, 0.15) is 25.0 Å². The number of carboxylic acid groups (broad SMARTS) is 1. The molecule has 0 spiro atoms. The predicted octanol–water partition coefficient (Wildman–Crippen LogP) is 4.11. The lowest BCUT2D eigenvalue weighted by atomic mass is 9.91. The van der Waals surface area contributed by atoms with Crippen molar-refractivity contribution in [1.82, 2.24) is 4.90 Å². The number of ether oxygens (including phenoxy) is 1. The SMILES string of the molecule is COc1cccc(C(C)(C)N(Cc2ccccc2)C(=O)O)c1. The minimum atomic E-state index is -0.948. The number of hydrogen-bond acceptors (Lipinski definition) is 2. The highest BCUT2D eigenvalue weighted by Crippen LogP contribution is 2.31. The molecule has 0 atom stereocenters. The highest BCUT2D eigenvalue weighted by molar-refractivity contribution is 5.66. The Hall–Kier alpha value is -2.49. The first-order chi connectivity index (χ1) is 10.4. The summed E-state index contributed by atoms with van der Waals surface area (Å²) in [5, 5.41) is 9.65. The van der Waals surface area contributed by atoms with Crippen LogP contribution in [0.25, 0.3) is 0 Å². The summed E-state index contributed by atoms with van der Waals surface area (Å²) >= 11 is 0. The molecule has 0 radical (unpaired) electrons. The zero-order valence-corrected chi connectivity index (χ0v) is 13.1. The molecule has 0 heterocycles. The fourth-order valence-corrected chi connectivity index (χ4v) is 2.43. The van der Waals surface area contributed by atoms with E-state index in [0.29, 0.717) is 6.54 Å². The van der Waals surface area contributed by atoms with Crippen molar-refractivity contribution in [1.29, 1.82) is 0 Å². The summed E-state index contributed by atoms with van der Waals surface area (Å²) in [4.78, 5) is 13.2. The van der Waals surface area contributed by atoms with Crippen LogP contribution < -0.4 is 4.74 Å². The molecule has 0 fully saturated rings. The minimum Gasteiger partial charge on any atom is -0.497 e. The average Bonchev–Trinajstić information content (AvgIpc) is 2.53. The van der Waals surface area contributed by atoms with Crippen LogP contribution in [0.15, 0.2) is 54.6 Å². The first kappa shape index (κ1) is 15.9. The largest absolute Gasteiger partial charge is 0.497 e. The normalized spacial score (nSPS) is 11.0. The summed E-state index contributed by atoms with van der Waals surface area (Å²) < 4.78 is 5.24. The third-order valence-electron chi connectivity index (χ3n) is 3.87. The van der Waals surface area contributed by atoms with Crippen LogP contribution in [0.5, 0.6) is 5.75 Å². The molecule has 2 rings (SSSR count). The monoisotopic (exact) mass is 299 g/mol. The molecule has 0 bridgehead atoms. The van der Waals surface area contributed by atoms with E-state index in [4.69, 9.17) is 4.74 Å². The van der Waals surface area contributed by atoms with Gasteiger partial charge >= 0.3 is 6.09 Å². The quantitative estimate of drug-likeness (QED) is 0.904. The molecule has 4 heteroatoms. The van der Waals surface area contributed by atoms with Crippen LogP contribution in [0, 0.1) is 0 Å². The number of amides is 1. The van der Waals surface area contributed by atoms with Crippen molar-refractivity contribution in [2.75, 3.05) is 7.11 Å². The Morgan fingerprint density at radius 3 is 2.41 bits per heavy atom. The van der Waals surface area contributed by atoms with Gasteiger partial charge in [0, 0.05) is 6.54 Å². The van der Waals surface area contributed by atoms with Gasteiger partial charge in [-0.15, -0.1) is 0 Å². The van der Waals surface area contributed by atoms with Crippen molar-refractivity contribution in [2.45, 2.75) is 25.9 Å². The van der Waals surface area contributed by atoms with Crippen LogP contribution in [0.3, 0.4) is 0 Å². The Morgan fingerprint density at radius 2 is 1.82 bits per heavy atom. The minimum absolute atomic E-state index is 0.334. The van der Waals surface area contributed by atoms with Gasteiger partial charge in [-0.05, 0) is 37.1 Å². The Bertz CT molecular complexity index is 638. The molecule has 2 aromatic carbocycles. The predicted molar refractivity (Wildman–Crippen MR) is 86.0 cm³/mol. The van der Waals surface area contributed by atoms with Crippen LogP contribution in [0.4, 0.5) is 4.79 Å². The third kappa shape index (κ3) is 3.39. The Balaban J connectivity index is 2.35. The van der Waals surface area contributed by atoms with Crippen molar-refractivity contribution >= 4 is 6.09 Å². The van der Waals surface area contributed by atoms with Crippen molar-refractivity contribution in [3.8, 4) is 5.75 Å². The van der Waals surface area contributed by atoms with Gasteiger partial charge < -0.3 is 9.84 Å². The topological polar surface area (TPSA) is 49.8 Å². The second-order valence-corrected chi connectivity index (χ2v) is 5.65. The van der Waals surface area contributed by atoms with Gasteiger partial charge in [-0.1, -0.05) is 42.5 Å². The van der Waals surface area contributed by atoms with Gasteiger partial charge in [0.05, 0.1) is 12.6 Å². The first-order valence-corrected chi connectivity index (χ1v) is 7.14. The number of hydrogen-bond donors (Lipinski definition) is 1. The van der Waals surface area contributed by atoms with Crippen molar-refractivity contribution in [3.05, 3.63) is 65.7 Å². The molecule has 0 aliphatic heterocycles. The van der Waals surface area contributed by atoms with Gasteiger partial charge in [0.1, 0.15) is 5.75 Å². The summed E-state index contributed by atoms with van der Waals surface area (Å²) in [5.74, 6) is 0.718. The molecule has 0 aromatic heterocycles. The lowest BCUT2D eigenvalue weighted by Crippen LogP contribution is -2.44. The van der Waals surface area contributed by atoms with Crippen LogP contribution in [-0.4, -0.2) is 23.2 Å². The van der Waals surface area contributed by atoms with E-state index in [1.165, 1.54) is 4.90 Å². The maximum Gasteiger partial charge on any atom is 0.408 e. The number of methoxy groups -OCH3 is 1. The molecule has 22 heavy (non-hydrogen) atoms. The Morgan fingerprint density at radius 1 is 1.14 bits per heavy atom. The molecule has 2 aromatic rings. The summed E-state index contributed by atoms with van der Waals surface area (Å²) in [5.41, 5.74) is 1.18. The summed E-state index contributed by atoms with van der Waals surface area (Å²) in [6.45, 7) is 4.14. The second-order valence-electron chi connectivity index (χ2n) is 5.65. The van der Waals surface area contributed by atoms with E-state index < -0.39 is 11.6 Å². The van der Waals surface area contributed by atoms with Gasteiger partial charge in [-0.3, -0.25) is 4.90 Å². The molecule has 0 saturated carbocycles. The Kier molecular flexibility index (Phi) is 4.71. The zero-order valence-electron chi connectivity index (χ0n) is 13.1. The zero-order chi connectivity index (χ0) is 16.2. The first-order valence-electron chi connectivity index (χ1n) is 7.14. The van der Waals surface area contributed by atoms with Gasteiger partial charge in [-0.25, -0.2) is 4.79 Å². The number of carbonyl (C=O) groups is 1. The van der Waals surface area contributed by atoms with E-state index >= 15 is 0 Å². The maximum absolute atomic E-state index is 11.8. The summed E-state index contributed by atoms with van der Waals surface area (Å²) in [7, 11) is 1.60. The van der Waals surface area contributed by atoms with E-state index in [1.54, 1.807) is 7.11 Å². The van der Waals surface area contributed by atoms with Gasteiger partial charge in [0.25, 0.3) is 0 Å². The molecule has 0 aliphatic carbocycles. The van der Waals surface area contributed by atoms with Crippen molar-refractivity contribution in [3.63, 3.8) is 0 Å². The standard InChI is InChI=1S/C18H21NO3/c1-18(2,15-10-7-11-16(12-15)22-3)19(17(20)21)13-14-8-5-4-6-9-14/h4-12H,13H2,1-3H3,(H,20,21). The molecule has 0 unspecified atom stereocenters. The van der Waals surface area contributed by atoms with E-state index in [1.807, 2.05) is 68.4 Å². The lowest BCUT2D eigenvalue weighted by Gasteiger charge is -2.37. The molecule has 116 valence electrons. The van der Waals surface area contributed by atoms with E-state index in [-0.39, 0.29) is 0 Å². The van der Waals surface area contributed by atoms with Crippen molar-refractivity contribution < 1.29 is 14.6 Å². The highest BCUT2D eigenvalue weighted by atomic mass is 16.5. The highest BCUT2D eigenvalue weighted by Gasteiger charge is 2.32. The Labute approximate surface area is 131 Å². The maximum atomic E-state index is 11.8. The molecule has 4 nitrogen and oxygen atoms in total. The third-order valence-corrected chi connectivity index (χ3v) is 3.87. The molecular weight excluding hydrogens is 278 g/mol. The van der Waals surface area contributed by atoms with Crippen LogP contribution in [-0.2, 0) is 12.1 Å². The number of benzene rings is 2. The van der Waals surface area contributed by atoms with E-state index in [9.17, 15) is 9.90 Å². The lowest BCUT2D eigenvalue weighted by molar-refractivity contribution is 0.0860. The van der Waals surface area contributed by atoms with Crippen molar-refractivity contribution in [2.24, 2.45) is 0 Å². The summed E-state index contributed by atoms with van der Waals surface area (Å²) in [6.07, 6.45) is -0.948. The van der Waals surface area contributed by atoms with Gasteiger partial charge in [0.2, 0.25) is 0 Å². The summed E-state index contributed by atoms with van der Waals surface area (Å²) in [6, 6.07) is 17.1. The number of rotatable bonds is 5. The fourth-order valence-electron chi connectivity index (χ4n) is 2.43. The molecule has 0 aliphatic rings. The number of nitrogens with zero attached hydrogens (tertiary/aromatic N) is 1. The van der Waals surface area contributed by atoms with Crippen LogP contribution in [0.2, 0.25) is 0 Å². The van der Waals surface area contributed by atoms with E-state index in [0.717, 1.165) is 16.9 Å². The molecule has 1 N–H and O–H groups in total. The average molecular weight is 299 g/mol. The van der Waals surface area contributed by atoms with E-state index in [2.05, 4.69) is 0 Å². The smallest absolute Gasteiger partial charge is 0.408 e. The molecular formula is C18H21NO3. The fraction of sp³-hybridized carbons (Fsp3) is 0.278. The second kappa shape index (κ2) is 6.52.